The number of nitrogens with zero attached hydrogens (tertiary/aromatic N) is 1. The standard InChI is InChI=1S/C24H25N3O4S.C2HF3O2/c28-23(26-32(30,31)21-11-10-19-8-4-5-9-20(19)17-21)22(16-18-6-2-1-3-7-18)24(29)27-14-12-25-13-15-27;3-2(4,5)1(6)7/h1-11,17,22,25H,12-16H2,(H,26,28);(H,6,7). The van der Waals surface area contributed by atoms with Crippen molar-refractivity contribution < 1.29 is 41.1 Å². The zero-order valence-electron chi connectivity index (χ0n) is 20.5. The van der Waals surface area contributed by atoms with Crippen LogP contribution in [0.1, 0.15) is 5.56 Å². The number of carboxylic acid groups (broad SMARTS) is 1. The molecule has 0 bridgehead atoms. The third-order valence-electron chi connectivity index (χ3n) is 5.83. The van der Waals surface area contributed by atoms with Crippen LogP contribution in [-0.2, 0) is 30.8 Å². The normalized spacial score (nSPS) is 14.6. The fourth-order valence-corrected chi connectivity index (χ4v) is 4.90. The van der Waals surface area contributed by atoms with Gasteiger partial charge in [0.2, 0.25) is 11.8 Å². The summed E-state index contributed by atoms with van der Waals surface area (Å²) in [6, 6.07) is 21.2. The van der Waals surface area contributed by atoms with Gasteiger partial charge in [0.25, 0.3) is 10.0 Å². The SMILES string of the molecule is O=C(NS(=O)(=O)c1ccc2ccccc2c1)C(Cc1ccccc1)C(=O)N1CCNCC1.O=C(O)C(F)(F)F. The maximum absolute atomic E-state index is 13.2. The van der Waals surface area contributed by atoms with Crippen LogP contribution < -0.4 is 10.0 Å². The molecule has 0 aromatic heterocycles. The monoisotopic (exact) mass is 565 g/mol. The molecule has 39 heavy (non-hydrogen) atoms. The Morgan fingerprint density at radius 3 is 2.08 bits per heavy atom. The van der Waals surface area contributed by atoms with Gasteiger partial charge in [0.05, 0.1) is 4.90 Å². The average molecular weight is 566 g/mol. The van der Waals surface area contributed by atoms with Crippen molar-refractivity contribution in [3.8, 4) is 0 Å². The molecule has 4 rings (SSSR count). The second-order valence-electron chi connectivity index (χ2n) is 8.60. The van der Waals surface area contributed by atoms with Gasteiger partial charge in [0.15, 0.2) is 0 Å². The number of carbonyl (C=O) groups is 3. The highest BCUT2D eigenvalue weighted by atomic mass is 32.2. The number of benzene rings is 3. The Labute approximate surface area is 222 Å². The summed E-state index contributed by atoms with van der Waals surface area (Å²) in [5.74, 6) is -5.06. The fourth-order valence-electron chi connectivity index (χ4n) is 3.84. The van der Waals surface area contributed by atoms with Gasteiger partial charge >= 0.3 is 12.1 Å². The van der Waals surface area contributed by atoms with E-state index in [-0.39, 0.29) is 17.2 Å². The van der Waals surface area contributed by atoms with E-state index in [4.69, 9.17) is 9.90 Å². The number of fused-ring (bicyclic) bond motifs is 1. The molecule has 1 unspecified atom stereocenters. The number of sulfonamides is 1. The van der Waals surface area contributed by atoms with Crippen molar-refractivity contribution in [3.63, 3.8) is 0 Å². The summed E-state index contributed by atoms with van der Waals surface area (Å²) < 4.78 is 59.8. The third kappa shape index (κ3) is 8.26. The molecule has 13 heteroatoms. The number of rotatable bonds is 6. The van der Waals surface area contributed by atoms with Gasteiger partial charge < -0.3 is 15.3 Å². The molecule has 1 aliphatic heterocycles. The van der Waals surface area contributed by atoms with E-state index in [2.05, 4.69) is 10.0 Å². The third-order valence-corrected chi connectivity index (χ3v) is 7.18. The molecule has 208 valence electrons. The van der Waals surface area contributed by atoms with Gasteiger partial charge in [-0.2, -0.15) is 13.2 Å². The van der Waals surface area contributed by atoms with Crippen LogP contribution in [0, 0.1) is 5.92 Å². The molecule has 3 N–H and O–H groups in total. The van der Waals surface area contributed by atoms with Crippen LogP contribution in [0.4, 0.5) is 13.2 Å². The smallest absolute Gasteiger partial charge is 0.475 e. The maximum Gasteiger partial charge on any atom is 0.490 e. The van der Waals surface area contributed by atoms with Gasteiger partial charge in [0.1, 0.15) is 5.92 Å². The van der Waals surface area contributed by atoms with Crippen molar-refractivity contribution in [1.82, 2.24) is 14.9 Å². The van der Waals surface area contributed by atoms with E-state index in [0.717, 1.165) is 16.3 Å². The molecule has 1 fully saturated rings. The molecule has 9 nitrogen and oxygen atoms in total. The van der Waals surface area contributed by atoms with Gasteiger partial charge in [-0.15, -0.1) is 0 Å². The molecule has 1 atom stereocenters. The summed E-state index contributed by atoms with van der Waals surface area (Å²) in [6.45, 7) is 2.24. The number of nitrogens with one attached hydrogen (secondary N) is 2. The molecule has 3 aromatic rings. The van der Waals surface area contributed by atoms with Gasteiger partial charge in [-0.1, -0.05) is 60.7 Å². The summed E-state index contributed by atoms with van der Waals surface area (Å²) in [6.07, 6.45) is -4.96. The molecule has 0 spiro atoms. The summed E-state index contributed by atoms with van der Waals surface area (Å²) in [4.78, 5) is 36.8. The quantitative estimate of drug-likeness (QED) is 0.392. The predicted octanol–water partition coefficient (Wildman–Crippen LogP) is 2.57. The summed E-state index contributed by atoms with van der Waals surface area (Å²) >= 11 is 0. The molecule has 3 aromatic carbocycles. The molecular weight excluding hydrogens is 539 g/mol. The van der Waals surface area contributed by atoms with Gasteiger partial charge in [-0.05, 0) is 34.9 Å². The van der Waals surface area contributed by atoms with Crippen molar-refractivity contribution >= 4 is 38.6 Å². The van der Waals surface area contributed by atoms with Crippen LogP contribution in [0.2, 0.25) is 0 Å². The summed E-state index contributed by atoms with van der Waals surface area (Å²) in [5, 5.41) is 11.9. The lowest BCUT2D eigenvalue weighted by Crippen LogP contribution is -2.52. The number of aliphatic carboxylic acids is 1. The minimum Gasteiger partial charge on any atom is -0.475 e. The first kappa shape index (κ1) is 29.6. The number of hydrogen-bond donors (Lipinski definition) is 3. The van der Waals surface area contributed by atoms with Crippen molar-refractivity contribution in [3.05, 3.63) is 78.4 Å². The molecule has 0 radical (unpaired) electrons. The van der Waals surface area contributed by atoms with E-state index in [1.807, 2.05) is 54.6 Å². The molecule has 1 saturated heterocycles. The highest BCUT2D eigenvalue weighted by Crippen LogP contribution is 2.20. The number of carboxylic acids is 1. The first-order valence-corrected chi connectivity index (χ1v) is 13.3. The van der Waals surface area contributed by atoms with Crippen LogP contribution in [0.5, 0.6) is 0 Å². The lowest BCUT2D eigenvalue weighted by molar-refractivity contribution is -0.192. The fraction of sp³-hybridized carbons (Fsp3) is 0.269. The maximum atomic E-state index is 13.2. The molecule has 2 amide bonds. The van der Waals surface area contributed by atoms with E-state index in [1.165, 1.54) is 12.1 Å². The zero-order valence-corrected chi connectivity index (χ0v) is 21.3. The Balaban J connectivity index is 0.000000532. The highest BCUT2D eigenvalue weighted by Gasteiger charge is 2.38. The molecular formula is C26H26F3N3O6S. The molecule has 0 saturated carbocycles. The van der Waals surface area contributed by atoms with Crippen molar-refractivity contribution in [2.75, 3.05) is 26.2 Å². The number of halogens is 3. The lowest BCUT2D eigenvalue weighted by atomic mass is 9.97. The zero-order chi connectivity index (χ0) is 28.6. The Kier molecular flexibility index (Phi) is 9.65. The Morgan fingerprint density at radius 1 is 0.923 bits per heavy atom. The van der Waals surface area contributed by atoms with E-state index in [1.54, 1.807) is 11.0 Å². The Bertz CT molecular complexity index is 1430. The number of hydrogen-bond acceptors (Lipinski definition) is 6. The van der Waals surface area contributed by atoms with Crippen LogP contribution in [0.3, 0.4) is 0 Å². The summed E-state index contributed by atoms with van der Waals surface area (Å²) in [7, 11) is -4.14. The minimum absolute atomic E-state index is 0.0161. The largest absolute Gasteiger partial charge is 0.490 e. The molecule has 0 aliphatic carbocycles. The minimum atomic E-state index is -5.08. The van der Waals surface area contributed by atoms with E-state index < -0.39 is 34.0 Å². The first-order chi connectivity index (χ1) is 18.4. The average Bonchev–Trinajstić information content (AvgIpc) is 2.91. The molecule has 1 heterocycles. The van der Waals surface area contributed by atoms with Crippen LogP contribution in [-0.4, -0.2) is 68.6 Å². The van der Waals surface area contributed by atoms with E-state index in [9.17, 15) is 31.2 Å². The van der Waals surface area contributed by atoms with Gasteiger partial charge in [-0.3, -0.25) is 9.59 Å². The topological polar surface area (TPSA) is 133 Å². The van der Waals surface area contributed by atoms with Crippen molar-refractivity contribution in [2.45, 2.75) is 17.5 Å². The molecule has 1 aliphatic rings. The lowest BCUT2D eigenvalue weighted by Gasteiger charge is -2.30. The number of alkyl halides is 3. The Morgan fingerprint density at radius 2 is 1.49 bits per heavy atom. The van der Waals surface area contributed by atoms with Crippen LogP contribution in [0.25, 0.3) is 10.8 Å². The first-order valence-electron chi connectivity index (χ1n) is 11.8. The van der Waals surface area contributed by atoms with E-state index in [0.29, 0.717) is 26.2 Å². The number of carbonyl (C=O) groups excluding carboxylic acids is 2. The Hall–Kier alpha value is -3.97. The van der Waals surface area contributed by atoms with Crippen LogP contribution >= 0.6 is 0 Å². The summed E-state index contributed by atoms with van der Waals surface area (Å²) in [5.41, 5.74) is 0.791. The van der Waals surface area contributed by atoms with Crippen molar-refractivity contribution in [1.29, 1.82) is 0 Å². The van der Waals surface area contributed by atoms with Gasteiger partial charge in [-0.25, -0.2) is 17.9 Å². The number of amides is 2. The second kappa shape index (κ2) is 12.7. The van der Waals surface area contributed by atoms with E-state index >= 15 is 0 Å². The van der Waals surface area contributed by atoms with Crippen molar-refractivity contribution in [2.24, 2.45) is 5.92 Å². The predicted molar refractivity (Wildman–Crippen MR) is 136 cm³/mol. The second-order valence-corrected chi connectivity index (χ2v) is 10.3. The highest BCUT2D eigenvalue weighted by molar-refractivity contribution is 7.90. The van der Waals surface area contributed by atoms with Crippen LogP contribution in [0.15, 0.2) is 77.7 Å². The van der Waals surface area contributed by atoms with Gasteiger partial charge in [0, 0.05) is 26.2 Å². The number of piperazine rings is 1.